The molecule has 1 aliphatic heterocycles. The minimum Gasteiger partial charge on any atom is -0.457 e. The normalized spacial score (nSPS) is 15.7. The second kappa shape index (κ2) is 14.0. The van der Waals surface area contributed by atoms with Crippen LogP contribution in [0.1, 0.15) is 19.4 Å². The summed E-state index contributed by atoms with van der Waals surface area (Å²) in [6.07, 6.45) is 0. The van der Waals surface area contributed by atoms with Gasteiger partial charge in [-0.2, -0.15) is 0 Å². The molecule has 3 aromatic rings. The quantitative estimate of drug-likeness (QED) is 0.352. The minimum atomic E-state index is -1.31. The van der Waals surface area contributed by atoms with Crippen molar-refractivity contribution in [3.8, 4) is 11.5 Å². The third kappa shape index (κ3) is 8.61. The van der Waals surface area contributed by atoms with Gasteiger partial charge in [0, 0.05) is 31.9 Å². The molecule has 0 aliphatic carbocycles. The molecule has 0 aromatic heterocycles. The van der Waals surface area contributed by atoms with Crippen molar-refractivity contribution in [3.63, 3.8) is 0 Å². The van der Waals surface area contributed by atoms with Crippen LogP contribution in [-0.4, -0.2) is 73.0 Å². The van der Waals surface area contributed by atoms with E-state index in [1.165, 1.54) is 24.3 Å². The van der Waals surface area contributed by atoms with Crippen molar-refractivity contribution < 1.29 is 23.5 Å². The first kappa shape index (κ1) is 29.2. The maximum absolute atomic E-state index is 13.5. The molecule has 2 N–H and O–H groups in total. The summed E-state index contributed by atoms with van der Waals surface area (Å²) in [7, 11) is 0. The van der Waals surface area contributed by atoms with E-state index < -0.39 is 11.4 Å². The van der Waals surface area contributed by atoms with Crippen molar-refractivity contribution >= 4 is 17.5 Å². The molecule has 1 atom stereocenters. The predicted octanol–water partition coefficient (Wildman–Crippen LogP) is 4.29. The van der Waals surface area contributed by atoms with E-state index in [0.29, 0.717) is 23.8 Å². The molecule has 4 rings (SSSR count). The fourth-order valence-corrected chi connectivity index (χ4v) is 4.43. The number of hydrogen-bond acceptors (Lipinski definition) is 6. The molecular formula is C31H37FN4O4. The summed E-state index contributed by atoms with van der Waals surface area (Å²) in [5.41, 5.74) is 0.207. The SMILES string of the molecule is CCN1CCN(CC(=O)NC(C)(COCc2ccccc2)C(=O)Nc2ccc(Oc3ccc(F)cc3)cc2)CC1. The summed E-state index contributed by atoms with van der Waals surface area (Å²) in [4.78, 5) is 31.0. The van der Waals surface area contributed by atoms with Gasteiger partial charge in [-0.05, 0) is 67.6 Å². The Morgan fingerprint density at radius 1 is 0.875 bits per heavy atom. The Labute approximate surface area is 235 Å². The molecule has 212 valence electrons. The van der Waals surface area contributed by atoms with Gasteiger partial charge in [-0.25, -0.2) is 4.39 Å². The molecule has 1 unspecified atom stereocenters. The van der Waals surface area contributed by atoms with Crippen LogP contribution in [-0.2, 0) is 20.9 Å². The Morgan fingerprint density at radius 3 is 2.10 bits per heavy atom. The molecular weight excluding hydrogens is 511 g/mol. The van der Waals surface area contributed by atoms with Gasteiger partial charge in [0.05, 0.1) is 19.8 Å². The van der Waals surface area contributed by atoms with E-state index >= 15 is 0 Å². The molecule has 3 aromatic carbocycles. The number of benzene rings is 3. The maximum Gasteiger partial charge on any atom is 0.252 e. The maximum atomic E-state index is 13.5. The molecule has 1 saturated heterocycles. The molecule has 1 fully saturated rings. The molecule has 1 heterocycles. The average Bonchev–Trinajstić information content (AvgIpc) is 2.96. The number of carbonyl (C=O) groups excluding carboxylic acids is 2. The Kier molecular flexibility index (Phi) is 10.2. The van der Waals surface area contributed by atoms with Crippen LogP contribution >= 0.6 is 0 Å². The van der Waals surface area contributed by atoms with Crippen LogP contribution in [0, 0.1) is 5.82 Å². The highest BCUT2D eigenvalue weighted by atomic mass is 19.1. The van der Waals surface area contributed by atoms with Gasteiger partial charge in [0.2, 0.25) is 5.91 Å². The van der Waals surface area contributed by atoms with E-state index in [2.05, 4.69) is 27.4 Å². The molecule has 0 saturated carbocycles. The summed E-state index contributed by atoms with van der Waals surface area (Å²) in [6.45, 7) is 8.78. The second-order valence-electron chi connectivity index (χ2n) is 10.1. The smallest absolute Gasteiger partial charge is 0.252 e. The number of rotatable bonds is 12. The van der Waals surface area contributed by atoms with Crippen LogP contribution in [0.25, 0.3) is 0 Å². The predicted molar refractivity (Wildman–Crippen MR) is 153 cm³/mol. The Balaban J connectivity index is 1.39. The van der Waals surface area contributed by atoms with Gasteiger partial charge < -0.3 is 25.0 Å². The van der Waals surface area contributed by atoms with Crippen LogP contribution in [0.4, 0.5) is 10.1 Å². The van der Waals surface area contributed by atoms with Crippen LogP contribution in [0.3, 0.4) is 0 Å². The van der Waals surface area contributed by atoms with Gasteiger partial charge in [0.25, 0.3) is 5.91 Å². The zero-order chi connectivity index (χ0) is 28.4. The van der Waals surface area contributed by atoms with Gasteiger partial charge in [0.1, 0.15) is 22.9 Å². The molecule has 0 spiro atoms. The number of nitrogens with zero attached hydrogens (tertiary/aromatic N) is 2. The average molecular weight is 549 g/mol. The van der Waals surface area contributed by atoms with Crippen molar-refractivity contribution in [2.24, 2.45) is 0 Å². The van der Waals surface area contributed by atoms with E-state index in [0.717, 1.165) is 38.3 Å². The van der Waals surface area contributed by atoms with Crippen molar-refractivity contribution in [2.75, 3.05) is 51.2 Å². The largest absolute Gasteiger partial charge is 0.457 e. The van der Waals surface area contributed by atoms with Crippen LogP contribution in [0.5, 0.6) is 11.5 Å². The number of halogens is 1. The van der Waals surface area contributed by atoms with E-state index in [4.69, 9.17) is 9.47 Å². The van der Waals surface area contributed by atoms with Crippen molar-refractivity contribution in [1.82, 2.24) is 15.1 Å². The molecule has 8 nitrogen and oxygen atoms in total. The zero-order valence-corrected chi connectivity index (χ0v) is 23.1. The number of nitrogens with one attached hydrogen (secondary N) is 2. The summed E-state index contributed by atoms with van der Waals surface area (Å²) >= 11 is 0. The van der Waals surface area contributed by atoms with E-state index in [-0.39, 0.29) is 24.9 Å². The highest BCUT2D eigenvalue weighted by Crippen LogP contribution is 2.24. The Bertz CT molecular complexity index is 1230. The number of likely N-dealkylation sites (N-methyl/N-ethyl adjacent to an activating group) is 1. The lowest BCUT2D eigenvalue weighted by Gasteiger charge is -2.35. The van der Waals surface area contributed by atoms with Gasteiger partial charge in [-0.3, -0.25) is 14.5 Å². The zero-order valence-electron chi connectivity index (χ0n) is 23.1. The molecule has 2 amide bonds. The highest BCUT2D eigenvalue weighted by molar-refractivity contribution is 6.00. The third-order valence-electron chi connectivity index (χ3n) is 6.86. The summed E-state index contributed by atoms with van der Waals surface area (Å²) < 4.78 is 24.8. The van der Waals surface area contributed by atoms with E-state index in [1.54, 1.807) is 31.2 Å². The van der Waals surface area contributed by atoms with Crippen molar-refractivity contribution in [1.29, 1.82) is 0 Å². The first-order chi connectivity index (χ1) is 19.3. The fraction of sp³-hybridized carbons (Fsp3) is 0.355. The van der Waals surface area contributed by atoms with Gasteiger partial charge in [-0.1, -0.05) is 37.3 Å². The molecule has 0 radical (unpaired) electrons. The number of carbonyl (C=O) groups is 2. The minimum absolute atomic E-state index is 0.00512. The summed E-state index contributed by atoms with van der Waals surface area (Å²) in [5, 5.41) is 5.83. The fourth-order valence-electron chi connectivity index (χ4n) is 4.43. The second-order valence-corrected chi connectivity index (χ2v) is 10.1. The molecule has 40 heavy (non-hydrogen) atoms. The van der Waals surface area contributed by atoms with E-state index in [1.807, 2.05) is 30.3 Å². The topological polar surface area (TPSA) is 83.1 Å². The van der Waals surface area contributed by atoms with Crippen LogP contribution < -0.4 is 15.4 Å². The Morgan fingerprint density at radius 2 is 1.48 bits per heavy atom. The van der Waals surface area contributed by atoms with Crippen LogP contribution in [0.2, 0.25) is 0 Å². The van der Waals surface area contributed by atoms with Gasteiger partial charge in [-0.15, -0.1) is 0 Å². The lowest BCUT2D eigenvalue weighted by atomic mass is 10.0. The van der Waals surface area contributed by atoms with Crippen LogP contribution in [0.15, 0.2) is 78.9 Å². The molecule has 1 aliphatic rings. The first-order valence-electron chi connectivity index (χ1n) is 13.6. The first-order valence-corrected chi connectivity index (χ1v) is 13.6. The number of amides is 2. The summed E-state index contributed by atoms with van der Waals surface area (Å²) in [5.74, 6) is 0.0772. The van der Waals surface area contributed by atoms with Crippen molar-refractivity contribution in [2.45, 2.75) is 26.0 Å². The monoisotopic (exact) mass is 548 g/mol. The lowest BCUT2D eigenvalue weighted by Crippen LogP contribution is -2.60. The third-order valence-corrected chi connectivity index (χ3v) is 6.86. The van der Waals surface area contributed by atoms with Gasteiger partial charge >= 0.3 is 0 Å². The summed E-state index contributed by atoms with van der Waals surface area (Å²) in [6, 6.07) is 22.2. The Hall–Kier alpha value is -3.79. The highest BCUT2D eigenvalue weighted by Gasteiger charge is 2.36. The molecule has 9 heteroatoms. The number of hydrogen-bond donors (Lipinski definition) is 2. The van der Waals surface area contributed by atoms with Crippen molar-refractivity contribution in [3.05, 3.63) is 90.2 Å². The molecule has 0 bridgehead atoms. The number of piperazine rings is 1. The lowest BCUT2D eigenvalue weighted by molar-refractivity contribution is -0.133. The number of anilines is 1. The number of ether oxygens (including phenoxy) is 2. The van der Waals surface area contributed by atoms with E-state index in [9.17, 15) is 14.0 Å². The van der Waals surface area contributed by atoms with Gasteiger partial charge in [0.15, 0.2) is 0 Å². The standard InChI is InChI=1S/C31H37FN4O4/c1-3-35-17-19-36(20-18-35)21-29(37)34-31(2,23-39-22-24-7-5-4-6-8-24)30(38)33-26-11-15-28(16-12-26)40-27-13-9-25(32)10-14-27/h4-16H,3,17-23H2,1-2H3,(H,33,38)(H,34,37).